The Morgan fingerprint density at radius 1 is 1.67 bits per heavy atom. The monoisotopic (exact) mass is 129 g/mol. The van der Waals surface area contributed by atoms with Crippen molar-refractivity contribution in [1.29, 1.82) is 0 Å². The molecular formula is C7H15NO. The largest absolute Gasteiger partial charge is 0.297 e. The maximum absolute atomic E-state index is 5.01. The number of hydrogen-bond donors (Lipinski definition) is 1. The van der Waals surface area contributed by atoms with Gasteiger partial charge < -0.3 is 0 Å². The molecule has 0 saturated heterocycles. The van der Waals surface area contributed by atoms with Gasteiger partial charge in [-0.3, -0.25) is 4.84 Å². The molecule has 0 aromatic carbocycles. The van der Waals surface area contributed by atoms with Crippen LogP contribution in [0.2, 0.25) is 0 Å². The molecule has 2 heteroatoms. The van der Waals surface area contributed by atoms with Gasteiger partial charge in [-0.1, -0.05) is 12.2 Å². The molecule has 0 unspecified atom stereocenters. The Balaban J connectivity index is 3.01. The third kappa shape index (κ3) is 7.66. The van der Waals surface area contributed by atoms with Crippen molar-refractivity contribution in [3.63, 3.8) is 0 Å². The summed E-state index contributed by atoms with van der Waals surface area (Å²) in [6.07, 6.45) is 0. The topological polar surface area (TPSA) is 21.3 Å². The first-order valence-corrected chi connectivity index (χ1v) is 3.14. The normalized spacial score (nSPS) is 10.2. The number of hydrogen-bond acceptors (Lipinski definition) is 2. The van der Waals surface area contributed by atoms with Gasteiger partial charge in [-0.05, 0) is 20.8 Å². The third-order valence-electron chi connectivity index (χ3n) is 0.638. The maximum atomic E-state index is 5.01. The van der Waals surface area contributed by atoms with Crippen LogP contribution in [0.25, 0.3) is 0 Å². The summed E-state index contributed by atoms with van der Waals surface area (Å²) in [7, 11) is 0. The van der Waals surface area contributed by atoms with Crippen molar-refractivity contribution in [3.8, 4) is 0 Å². The molecule has 54 valence electrons. The Labute approximate surface area is 56.9 Å². The number of rotatable bonds is 4. The van der Waals surface area contributed by atoms with E-state index < -0.39 is 0 Å². The smallest absolute Gasteiger partial charge is 0.0887 e. The standard InChI is InChI=1S/C7H15NO/c1-6(2)5-9-8-7(3)4/h7-8H,1,5H2,2-4H3. The van der Waals surface area contributed by atoms with E-state index in [1.807, 2.05) is 20.8 Å². The molecule has 0 rings (SSSR count). The molecule has 1 N–H and O–H groups in total. The molecule has 0 aliphatic heterocycles. The van der Waals surface area contributed by atoms with Gasteiger partial charge in [0.25, 0.3) is 0 Å². The van der Waals surface area contributed by atoms with Crippen molar-refractivity contribution in [1.82, 2.24) is 5.48 Å². The van der Waals surface area contributed by atoms with Gasteiger partial charge in [0.15, 0.2) is 0 Å². The summed E-state index contributed by atoms with van der Waals surface area (Å²) in [6, 6.07) is 0.379. The average Bonchev–Trinajstić information content (AvgIpc) is 1.63. The zero-order chi connectivity index (χ0) is 7.28. The van der Waals surface area contributed by atoms with Crippen molar-refractivity contribution in [2.24, 2.45) is 0 Å². The molecule has 2 nitrogen and oxygen atoms in total. The first kappa shape index (κ1) is 8.66. The summed E-state index contributed by atoms with van der Waals surface area (Å²) in [4.78, 5) is 5.01. The van der Waals surface area contributed by atoms with E-state index in [-0.39, 0.29) is 0 Å². The van der Waals surface area contributed by atoms with Gasteiger partial charge in [0, 0.05) is 6.04 Å². The van der Waals surface area contributed by atoms with Crippen molar-refractivity contribution >= 4 is 0 Å². The van der Waals surface area contributed by atoms with E-state index in [4.69, 9.17) is 4.84 Å². The zero-order valence-corrected chi connectivity index (χ0v) is 6.40. The SMILES string of the molecule is C=C(C)CONC(C)C. The van der Waals surface area contributed by atoms with E-state index in [0.717, 1.165) is 5.57 Å². The first-order chi connectivity index (χ1) is 4.13. The Kier molecular flexibility index (Phi) is 4.36. The summed E-state index contributed by atoms with van der Waals surface area (Å²) >= 11 is 0. The minimum Gasteiger partial charge on any atom is -0.297 e. The molecule has 0 radical (unpaired) electrons. The highest BCUT2D eigenvalue weighted by molar-refractivity contribution is 4.86. The van der Waals surface area contributed by atoms with Gasteiger partial charge in [0.1, 0.15) is 0 Å². The van der Waals surface area contributed by atoms with Crippen LogP contribution in [0.1, 0.15) is 20.8 Å². The summed E-state index contributed by atoms with van der Waals surface area (Å²) < 4.78 is 0. The number of nitrogens with one attached hydrogen (secondary N) is 1. The van der Waals surface area contributed by atoms with Crippen LogP contribution in [0.15, 0.2) is 12.2 Å². The molecule has 0 spiro atoms. The first-order valence-electron chi connectivity index (χ1n) is 3.14. The van der Waals surface area contributed by atoms with Crippen LogP contribution in [-0.2, 0) is 4.84 Å². The molecule has 0 saturated carbocycles. The van der Waals surface area contributed by atoms with Crippen LogP contribution in [0.4, 0.5) is 0 Å². The Morgan fingerprint density at radius 3 is 2.56 bits per heavy atom. The lowest BCUT2D eigenvalue weighted by Gasteiger charge is -2.07. The van der Waals surface area contributed by atoms with E-state index in [1.165, 1.54) is 0 Å². The summed E-state index contributed by atoms with van der Waals surface area (Å²) in [5, 5.41) is 0. The molecule has 0 aliphatic rings. The van der Waals surface area contributed by atoms with Crippen molar-refractivity contribution in [2.75, 3.05) is 6.61 Å². The van der Waals surface area contributed by atoms with E-state index in [0.29, 0.717) is 12.6 Å². The fourth-order valence-corrected chi connectivity index (χ4v) is 0.332. The minimum atomic E-state index is 0.379. The van der Waals surface area contributed by atoms with Gasteiger partial charge in [-0.2, -0.15) is 5.48 Å². The molecule has 0 bridgehead atoms. The van der Waals surface area contributed by atoms with Crippen LogP contribution in [0.3, 0.4) is 0 Å². The molecule has 9 heavy (non-hydrogen) atoms. The maximum Gasteiger partial charge on any atom is 0.0887 e. The molecule has 0 atom stereocenters. The second-order valence-electron chi connectivity index (χ2n) is 2.52. The molecular weight excluding hydrogens is 114 g/mol. The fourth-order valence-electron chi connectivity index (χ4n) is 0.332. The fraction of sp³-hybridized carbons (Fsp3) is 0.714. The molecule has 0 aromatic heterocycles. The van der Waals surface area contributed by atoms with Crippen molar-refractivity contribution in [3.05, 3.63) is 12.2 Å². The van der Waals surface area contributed by atoms with Crippen molar-refractivity contribution < 1.29 is 4.84 Å². The van der Waals surface area contributed by atoms with E-state index in [1.54, 1.807) is 0 Å². The second kappa shape index (κ2) is 4.53. The zero-order valence-electron chi connectivity index (χ0n) is 6.40. The van der Waals surface area contributed by atoms with Gasteiger partial charge >= 0.3 is 0 Å². The molecule has 0 amide bonds. The highest BCUT2D eigenvalue weighted by Gasteiger charge is 1.89. The van der Waals surface area contributed by atoms with Crippen LogP contribution in [0, 0.1) is 0 Å². The molecule has 0 aliphatic carbocycles. The highest BCUT2D eigenvalue weighted by Crippen LogP contribution is 1.85. The highest BCUT2D eigenvalue weighted by atomic mass is 16.6. The van der Waals surface area contributed by atoms with E-state index in [9.17, 15) is 0 Å². The average molecular weight is 129 g/mol. The molecule has 0 heterocycles. The molecule has 0 fully saturated rings. The Morgan fingerprint density at radius 2 is 2.22 bits per heavy atom. The van der Waals surface area contributed by atoms with Gasteiger partial charge in [0.2, 0.25) is 0 Å². The summed E-state index contributed by atoms with van der Waals surface area (Å²) in [5.74, 6) is 0. The molecule has 0 aromatic rings. The quantitative estimate of drug-likeness (QED) is 0.458. The lowest BCUT2D eigenvalue weighted by molar-refractivity contribution is 0.0398. The lowest BCUT2D eigenvalue weighted by Crippen LogP contribution is -2.23. The second-order valence-corrected chi connectivity index (χ2v) is 2.52. The Bertz CT molecular complexity index is 88.9. The summed E-state index contributed by atoms with van der Waals surface area (Å²) in [6.45, 7) is 10.3. The van der Waals surface area contributed by atoms with Gasteiger partial charge in [0.05, 0.1) is 6.61 Å². The minimum absolute atomic E-state index is 0.379. The third-order valence-corrected chi connectivity index (χ3v) is 0.638. The lowest BCUT2D eigenvalue weighted by atomic mass is 10.4. The van der Waals surface area contributed by atoms with Crippen LogP contribution in [-0.4, -0.2) is 12.6 Å². The predicted octanol–water partition coefficient (Wildman–Crippen LogP) is 1.49. The summed E-state index contributed by atoms with van der Waals surface area (Å²) in [5.41, 5.74) is 3.85. The van der Waals surface area contributed by atoms with Crippen molar-refractivity contribution in [2.45, 2.75) is 26.8 Å². The van der Waals surface area contributed by atoms with Crippen LogP contribution < -0.4 is 5.48 Å². The number of hydroxylamine groups is 1. The van der Waals surface area contributed by atoms with Crippen LogP contribution in [0.5, 0.6) is 0 Å². The van der Waals surface area contributed by atoms with E-state index >= 15 is 0 Å². The Hall–Kier alpha value is -0.340. The van der Waals surface area contributed by atoms with Gasteiger partial charge in [-0.25, -0.2) is 0 Å². The van der Waals surface area contributed by atoms with Gasteiger partial charge in [-0.15, -0.1) is 0 Å². The van der Waals surface area contributed by atoms with E-state index in [2.05, 4.69) is 12.1 Å². The predicted molar refractivity (Wildman–Crippen MR) is 39.0 cm³/mol. The van der Waals surface area contributed by atoms with Crippen LogP contribution >= 0.6 is 0 Å².